The minimum Gasteiger partial charge on any atom is -0.393 e. The number of rotatable bonds is 2. The first kappa shape index (κ1) is 13.8. The van der Waals surface area contributed by atoms with E-state index in [-0.39, 0.29) is 29.8 Å². The largest absolute Gasteiger partial charge is 0.393 e. The van der Waals surface area contributed by atoms with Crippen molar-refractivity contribution in [2.75, 3.05) is 0 Å². The zero-order valence-electron chi connectivity index (χ0n) is 11.5. The third-order valence-electron chi connectivity index (χ3n) is 3.96. The number of nitrogens with zero attached hydrogens (tertiary/aromatic N) is 2. The van der Waals surface area contributed by atoms with Crippen molar-refractivity contribution in [3.8, 4) is 0 Å². The summed E-state index contributed by atoms with van der Waals surface area (Å²) >= 11 is 0. The van der Waals surface area contributed by atoms with Crippen molar-refractivity contribution >= 4 is 18.0 Å². The van der Waals surface area contributed by atoms with E-state index in [1.807, 2.05) is 0 Å². The van der Waals surface area contributed by atoms with E-state index >= 15 is 0 Å². The molecule has 0 bridgehead atoms. The Morgan fingerprint density at radius 3 is 2.52 bits per heavy atom. The Morgan fingerprint density at radius 2 is 1.86 bits per heavy atom. The molecule has 0 radical (unpaired) electrons. The lowest BCUT2D eigenvalue weighted by Gasteiger charge is -2.30. The normalized spacial score (nSPS) is 28.0. The van der Waals surface area contributed by atoms with Gasteiger partial charge in [0.1, 0.15) is 5.70 Å². The first-order valence-corrected chi connectivity index (χ1v) is 7.09. The number of hydrogen-bond donors (Lipinski definition) is 2. The quantitative estimate of drug-likeness (QED) is 0.634. The fourth-order valence-electron chi connectivity index (χ4n) is 2.82. The number of imide groups is 1. The summed E-state index contributed by atoms with van der Waals surface area (Å²) in [6, 6.07) is 3.05. The van der Waals surface area contributed by atoms with E-state index in [2.05, 4.69) is 10.3 Å². The highest BCUT2D eigenvalue weighted by Gasteiger charge is 2.39. The van der Waals surface area contributed by atoms with Crippen LogP contribution in [0, 0.1) is 0 Å². The summed E-state index contributed by atoms with van der Waals surface area (Å²) < 4.78 is 0. The highest BCUT2D eigenvalue weighted by Crippen LogP contribution is 2.27. The van der Waals surface area contributed by atoms with Crippen molar-refractivity contribution in [2.24, 2.45) is 0 Å². The maximum absolute atomic E-state index is 12.4. The van der Waals surface area contributed by atoms with Gasteiger partial charge in [0.05, 0.1) is 6.10 Å². The molecule has 2 heterocycles. The van der Waals surface area contributed by atoms with Gasteiger partial charge in [0, 0.05) is 18.4 Å². The molecule has 0 aromatic carbocycles. The third kappa shape index (κ3) is 2.80. The van der Waals surface area contributed by atoms with E-state index in [4.69, 9.17) is 0 Å². The van der Waals surface area contributed by atoms with Crippen LogP contribution in [-0.2, 0) is 4.79 Å². The minimum atomic E-state index is -0.373. The number of carbonyl (C=O) groups is 2. The zero-order chi connectivity index (χ0) is 14.8. The van der Waals surface area contributed by atoms with E-state index < -0.39 is 0 Å². The number of carbonyl (C=O) groups excluding carboxylic acids is 2. The fraction of sp³-hybridized carbons (Fsp3) is 0.400. The van der Waals surface area contributed by atoms with Crippen LogP contribution in [0.4, 0.5) is 4.79 Å². The first-order chi connectivity index (χ1) is 10.1. The molecular weight excluding hydrogens is 270 g/mol. The van der Waals surface area contributed by atoms with Crippen molar-refractivity contribution in [2.45, 2.75) is 37.8 Å². The summed E-state index contributed by atoms with van der Waals surface area (Å²) in [6.07, 6.45) is 7.18. The van der Waals surface area contributed by atoms with Crippen LogP contribution in [0.1, 0.15) is 31.2 Å². The van der Waals surface area contributed by atoms with Crippen molar-refractivity contribution in [1.82, 2.24) is 15.2 Å². The molecule has 2 N–H and O–H groups in total. The summed E-state index contributed by atoms with van der Waals surface area (Å²) in [5.41, 5.74) is 1.10. The predicted octanol–water partition coefficient (Wildman–Crippen LogP) is 1.28. The lowest BCUT2D eigenvalue weighted by atomic mass is 9.92. The van der Waals surface area contributed by atoms with Crippen molar-refractivity contribution in [3.05, 3.63) is 35.8 Å². The van der Waals surface area contributed by atoms with Gasteiger partial charge >= 0.3 is 6.03 Å². The summed E-state index contributed by atoms with van der Waals surface area (Å²) in [5, 5.41) is 12.2. The molecule has 110 valence electrons. The Hall–Kier alpha value is -2.21. The Labute approximate surface area is 122 Å². The summed E-state index contributed by atoms with van der Waals surface area (Å²) in [7, 11) is 0. The van der Waals surface area contributed by atoms with Crippen LogP contribution >= 0.6 is 0 Å². The molecule has 0 atom stereocenters. The highest BCUT2D eigenvalue weighted by atomic mass is 16.3. The van der Waals surface area contributed by atoms with E-state index in [0.29, 0.717) is 25.7 Å². The standard InChI is InChI=1S/C15H17N3O3/c19-12-3-1-11(2-4-12)18-14(20)13(17-15(18)21)9-10-5-7-16-8-6-10/h5-9,11-12,19H,1-4H2,(H,17,21). The SMILES string of the molecule is O=C1NC(=Cc2ccncc2)C(=O)N1C1CCC(O)CC1. The molecule has 3 amide bonds. The van der Waals surface area contributed by atoms with Gasteiger partial charge in [0.25, 0.3) is 5.91 Å². The third-order valence-corrected chi connectivity index (χ3v) is 3.96. The molecule has 3 rings (SSSR count). The van der Waals surface area contributed by atoms with Gasteiger partial charge in [-0.05, 0) is 49.5 Å². The van der Waals surface area contributed by atoms with Gasteiger partial charge in [0.2, 0.25) is 0 Å². The molecule has 0 spiro atoms. The van der Waals surface area contributed by atoms with Crippen molar-refractivity contribution in [3.63, 3.8) is 0 Å². The van der Waals surface area contributed by atoms with Gasteiger partial charge in [-0.3, -0.25) is 14.7 Å². The lowest BCUT2D eigenvalue weighted by molar-refractivity contribution is -0.125. The van der Waals surface area contributed by atoms with Crippen LogP contribution in [0.25, 0.3) is 6.08 Å². The molecule has 1 aromatic rings. The number of nitrogens with one attached hydrogen (secondary N) is 1. The molecule has 1 aromatic heterocycles. The second kappa shape index (κ2) is 5.65. The van der Waals surface area contributed by atoms with Crippen LogP contribution in [0.5, 0.6) is 0 Å². The Bertz CT molecular complexity index is 577. The van der Waals surface area contributed by atoms with Crippen LogP contribution in [-0.4, -0.2) is 39.1 Å². The Balaban J connectivity index is 1.78. The number of hydrogen-bond acceptors (Lipinski definition) is 4. The van der Waals surface area contributed by atoms with Crippen LogP contribution < -0.4 is 5.32 Å². The van der Waals surface area contributed by atoms with Crippen LogP contribution in [0.3, 0.4) is 0 Å². The fourth-order valence-corrected chi connectivity index (χ4v) is 2.82. The van der Waals surface area contributed by atoms with Gasteiger partial charge in [-0.1, -0.05) is 0 Å². The van der Waals surface area contributed by atoms with E-state index in [0.717, 1.165) is 5.56 Å². The number of aliphatic hydroxyl groups is 1. The summed E-state index contributed by atoms with van der Waals surface area (Å²) in [5.74, 6) is -0.293. The predicted molar refractivity (Wildman–Crippen MR) is 75.9 cm³/mol. The molecule has 1 saturated heterocycles. The van der Waals surface area contributed by atoms with E-state index in [1.54, 1.807) is 30.6 Å². The maximum atomic E-state index is 12.4. The second-order valence-corrected chi connectivity index (χ2v) is 5.41. The number of aliphatic hydroxyl groups excluding tert-OH is 1. The molecule has 1 saturated carbocycles. The minimum absolute atomic E-state index is 0.121. The lowest BCUT2D eigenvalue weighted by Crippen LogP contribution is -2.43. The molecular formula is C15H17N3O3. The molecule has 1 aliphatic heterocycles. The maximum Gasteiger partial charge on any atom is 0.329 e. The smallest absolute Gasteiger partial charge is 0.329 e. The van der Waals surface area contributed by atoms with Gasteiger partial charge in [-0.15, -0.1) is 0 Å². The van der Waals surface area contributed by atoms with Crippen molar-refractivity contribution in [1.29, 1.82) is 0 Å². The van der Waals surface area contributed by atoms with Gasteiger partial charge < -0.3 is 10.4 Å². The average molecular weight is 287 g/mol. The topological polar surface area (TPSA) is 82.5 Å². The van der Waals surface area contributed by atoms with Gasteiger partial charge in [-0.2, -0.15) is 0 Å². The number of amides is 3. The molecule has 2 fully saturated rings. The monoisotopic (exact) mass is 287 g/mol. The molecule has 1 aliphatic carbocycles. The molecule has 6 nitrogen and oxygen atoms in total. The van der Waals surface area contributed by atoms with E-state index in [1.165, 1.54) is 4.90 Å². The zero-order valence-corrected chi connectivity index (χ0v) is 11.5. The number of pyridine rings is 1. The molecule has 21 heavy (non-hydrogen) atoms. The summed E-state index contributed by atoms with van der Waals surface area (Å²) in [6.45, 7) is 0. The van der Waals surface area contributed by atoms with Crippen LogP contribution in [0.15, 0.2) is 30.2 Å². The molecule has 6 heteroatoms. The number of aromatic nitrogens is 1. The van der Waals surface area contributed by atoms with Gasteiger partial charge in [0.15, 0.2) is 0 Å². The average Bonchev–Trinajstić information content (AvgIpc) is 2.76. The second-order valence-electron chi connectivity index (χ2n) is 5.41. The number of urea groups is 1. The van der Waals surface area contributed by atoms with Crippen LogP contribution in [0.2, 0.25) is 0 Å². The summed E-state index contributed by atoms with van der Waals surface area (Å²) in [4.78, 5) is 29.6. The van der Waals surface area contributed by atoms with E-state index in [9.17, 15) is 14.7 Å². The Kier molecular flexibility index (Phi) is 3.70. The van der Waals surface area contributed by atoms with Crippen molar-refractivity contribution < 1.29 is 14.7 Å². The molecule has 0 unspecified atom stereocenters. The highest BCUT2D eigenvalue weighted by molar-refractivity contribution is 6.14. The first-order valence-electron chi connectivity index (χ1n) is 7.09. The van der Waals surface area contributed by atoms with Gasteiger partial charge in [-0.25, -0.2) is 4.79 Å². The Morgan fingerprint density at radius 1 is 1.19 bits per heavy atom. The molecule has 2 aliphatic rings.